The van der Waals surface area contributed by atoms with Gasteiger partial charge in [0.05, 0.1) is 39.3 Å². The molecule has 5 nitrogen and oxygen atoms in total. The molecule has 0 atom stereocenters. The van der Waals surface area contributed by atoms with Gasteiger partial charge in [0.15, 0.2) is 0 Å². The highest BCUT2D eigenvalue weighted by molar-refractivity contribution is 5.94. The first-order valence-electron chi connectivity index (χ1n) is 10.9. The molecule has 5 rings (SSSR count). The van der Waals surface area contributed by atoms with Gasteiger partial charge in [-0.2, -0.15) is 0 Å². The molecule has 3 N–H and O–H groups in total. The summed E-state index contributed by atoms with van der Waals surface area (Å²) in [5, 5.41) is 25.0. The Bertz CT molecular complexity index is 1320. The molecule has 5 heteroatoms. The summed E-state index contributed by atoms with van der Waals surface area (Å²) in [4.78, 5) is 0. The minimum Gasteiger partial charge on any atom is -0.496 e. The average molecular weight is 428 g/mol. The molecule has 1 aromatic heterocycles. The number of aromatic nitrogens is 1. The van der Waals surface area contributed by atoms with Crippen molar-refractivity contribution in [3.63, 3.8) is 0 Å². The Morgan fingerprint density at radius 1 is 0.938 bits per heavy atom. The van der Waals surface area contributed by atoms with Gasteiger partial charge in [-0.15, -0.1) is 0 Å². The number of hydrogen-bond acceptors (Lipinski definition) is 4. The molecule has 1 aliphatic rings. The van der Waals surface area contributed by atoms with Crippen LogP contribution in [0.25, 0.3) is 33.2 Å². The molecule has 0 spiro atoms. The minimum atomic E-state index is -0.100. The quantitative estimate of drug-likeness (QED) is 0.421. The summed E-state index contributed by atoms with van der Waals surface area (Å²) in [7, 11) is 3.65. The molecule has 0 amide bonds. The molecule has 0 aliphatic carbocycles. The molecule has 0 radical (unpaired) electrons. The van der Waals surface area contributed by atoms with Crippen molar-refractivity contribution in [1.29, 1.82) is 0 Å². The summed E-state index contributed by atoms with van der Waals surface area (Å²) in [6.07, 6.45) is 0.903. The zero-order valence-corrected chi connectivity index (χ0v) is 18.4. The van der Waals surface area contributed by atoms with Gasteiger partial charge in [-0.05, 0) is 58.0 Å². The maximum Gasteiger partial charge on any atom is 0.282 e. The largest absolute Gasteiger partial charge is 0.496 e. The second-order valence-electron chi connectivity index (χ2n) is 8.13. The second kappa shape index (κ2) is 8.26. The van der Waals surface area contributed by atoms with Crippen LogP contribution in [0, 0.1) is 0 Å². The Labute approximate surface area is 187 Å². The molecular weight excluding hydrogens is 400 g/mol. The van der Waals surface area contributed by atoms with Crippen molar-refractivity contribution >= 4 is 16.6 Å². The zero-order chi connectivity index (χ0) is 22.2. The highest BCUT2D eigenvalue weighted by Gasteiger charge is 2.27. The lowest BCUT2D eigenvalue weighted by Gasteiger charge is -2.23. The lowest BCUT2D eigenvalue weighted by Crippen LogP contribution is -2.43. The lowest BCUT2D eigenvalue weighted by molar-refractivity contribution is -0.672. The normalized spacial score (nSPS) is 12.4. The van der Waals surface area contributed by atoms with Crippen LogP contribution in [0.3, 0.4) is 0 Å². The van der Waals surface area contributed by atoms with Crippen LogP contribution in [0.15, 0.2) is 60.7 Å². The lowest BCUT2D eigenvalue weighted by atomic mass is 9.90. The van der Waals surface area contributed by atoms with Crippen LogP contribution in [0.1, 0.15) is 16.7 Å². The van der Waals surface area contributed by atoms with E-state index in [2.05, 4.69) is 40.2 Å². The fraction of sp³-hybridized carbons (Fsp3) is 0.222. The molecule has 1 aliphatic heterocycles. The van der Waals surface area contributed by atoms with E-state index in [1.54, 1.807) is 7.11 Å². The van der Waals surface area contributed by atoms with E-state index in [1.807, 2.05) is 37.4 Å². The Morgan fingerprint density at radius 2 is 1.69 bits per heavy atom. The van der Waals surface area contributed by atoms with Gasteiger partial charge >= 0.3 is 0 Å². The molecule has 0 bridgehead atoms. The molecule has 0 unspecified atom stereocenters. The van der Waals surface area contributed by atoms with E-state index in [0.717, 1.165) is 63.3 Å². The van der Waals surface area contributed by atoms with E-state index < -0.39 is 0 Å². The average Bonchev–Trinajstić information content (AvgIpc) is 2.85. The summed E-state index contributed by atoms with van der Waals surface area (Å²) in [5.41, 5.74) is 7.27. The predicted octanol–water partition coefficient (Wildman–Crippen LogP) is 4.05. The third-order valence-corrected chi connectivity index (χ3v) is 6.45. The van der Waals surface area contributed by atoms with Gasteiger partial charge in [0.1, 0.15) is 11.4 Å². The van der Waals surface area contributed by atoms with Crippen molar-refractivity contribution in [2.45, 2.75) is 26.2 Å². The SMILES string of the molecule is CNc1c2cc(CO)c(CO)cc2cc2[n+]1CCc1cc(OC)c(-c3ccccc3)cc1-2. The van der Waals surface area contributed by atoms with Crippen molar-refractivity contribution in [3.05, 3.63) is 77.4 Å². The van der Waals surface area contributed by atoms with Crippen molar-refractivity contribution < 1.29 is 19.5 Å². The number of benzene rings is 3. The van der Waals surface area contributed by atoms with Crippen molar-refractivity contribution in [2.75, 3.05) is 19.5 Å². The molecule has 0 saturated carbocycles. The Kier molecular flexibility index (Phi) is 5.29. The first-order chi connectivity index (χ1) is 15.7. The number of pyridine rings is 1. The number of hydrogen-bond donors (Lipinski definition) is 3. The number of aliphatic hydroxyl groups excluding tert-OH is 2. The van der Waals surface area contributed by atoms with Crippen LogP contribution >= 0.6 is 0 Å². The number of anilines is 1. The van der Waals surface area contributed by atoms with Crippen LogP contribution in [0.4, 0.5) is 5.82 Å². The molecule has 162 valence electrons. The first kappa shape index (κ1) is 20.5. The monoisotopic (exact) mass is 427 g/mol. The smallest absolute Gasteiger partial charge is 0.282 e. The molecule has 2 heterocycles. The third-order valence-electron chi connectivity index (χ3n) is 6.45. The van der Waals surface area contributed by atoms with E-state index >= 15 is 0 Å². The maximum absolute atomic E-state index is 9.81. The number of aliphatic hydroxyl groups is 2. The highest BCUT2D eigenvalue weighted by atomic mass is 16.5. The highest BCUT2D eigenvalue weighted by Crippen LogP contribution is 2.39. The van der Waals surface area contributed by atoms with Gasteiger partial charge < -0.3 is 14.9 Å². The fourth-order valence-corrected chi connectivity index (χ4v) is 4.86. The number of rotatable bonds is 5. The molecule has 4 aromatic rings. The van der Waals surface area contributed by atoms with Gasteiger partial charge in [0.25, 0.3) is 5.82 Å². The Balaban J connectivity index is 1.79. The summed E-state index contributed by atoms with van der Waals surface area (Å²) >= 11 is 0. The Hall–Kier alpha value is -3.41. The number of ether oxygens (including phenoxy) is 1. The molecule has 32 heavy (non-hydrogen) atoms. The van der Waals surface area contributed by atoms with Crippen LogP contribution in [-0.2, 0) is 26.2 Å². The second-order valence-corrected chi connectivity index (χ2v) is 8.13. The van der Waals surface area contributed by atoms with Gasteiger partial charge in [-0.25, -0.2) is 4.57 Å². The number of nitrogens with one attached hydrogen (secondary N) is 1. The summed E-state index contributed by atoms with van der Waals surface area (Å²) < 4.78 is 8.07. The van der Waals surface area contributed by atoms with Gasteiger partial charge in [0.2, 0.25) is 0 Å². The molecule has 0 fully saturated rings. The van der Waals surface area contributed by atoms with Crippen molar-refractivity contribution in [2.24, 2.45) is 0 Å². The topological polar surface area (TPSA) is 65.6 Å². The number of methoxy groups -OCH3 is 1. The first-order valence-corrected chi connectivity index (χ1v) is 10.9. The third kappa shape index (κ3) is 3.22. The van der Waals surface area contributed by atoms with E-state index in [0.29, 0.717) is 0 Å². The predicted molar refractivity (Wildman–Crippen MR) is 127 cm³/mol. The Morgan fingerprint density at radius 3 is 2.38 bits per heavy atom. The number of nitrogens with zero attached hydrogens (tertiary/aromatic N) is 1. The number of aryl methyl sites for hydroxylation is 1. The van der Waals surface area contributed by atoms with Crippen molar-refractivity contribution in [1.82, 2.24) is 0 Å². The molecular formula is C27H27N2O3+. The van der Waals surface area contributed by atoms with Gasteiger partial charge in [0, 0.05) is 17.5 Å². The van der Waals surface area contributed by atoms with Crippen LogP contribution in [0.5, 0.6) is 5.75 Å². The van der Waals surface area contributed by atoms with Crippen LogP contribution < -0.4 is 14.6 Å². The molecule has 3 aromatic carbocycles. The van der Waals surface area contributed by atoms with E-state index in [-0.39, 0.29) is 13.2 Å². The van der Waals surface area contributed by atoms with E-state index in [4.69, 9.17) is 4.74 Å². The van der Waals surface area contributed by atoms with Gasteiger partial charge in [-0.3, -0.25) is 5.32 Å². The van der Waals surface area contributed by atoms with Crippen LogP contribution in [-0.4, -0.2) is 24.4 Å². The fourth-order valence-electron chi connectivity index (χ4n) is 4.86. The van der Waals surface area contributed by atoms with E-state index in [1.165, 1.54) is 11.1 Å². The standard InChI is InChI=1S/C27H26N2O3/c1-28-27-24-11-21(16-31)20(15-30)10-19(24)12-25-22-14-23(17-6-4-3-5-7-17)26(32-2)13-18(22)8-9-29(25)27/h3-7,10-14,30-31H,8-9,15-16H2,1-2H3/p+1. The summed E-state index contributed by atoms with van der Waals surface area (Å²) in [6, 6.07) is 20.9. The maximum atomic E-state index is 9.81. The molecule has 0 saturated heterocycles. The van der Waals surface area contributed by atoms with Gasteiger partial charge in [-0.1, -0.05) is 30.3 Å². The summed E-state index contributed by atoms with van der Waals surface area (Å²) in [6.45, 7) is 0.648. The van der Waals surface area contributed by atoms with Crippen LogP contribution in [0.2, 0.25) is 0 Å². The minimum absolute atomic E-state index is 0.0974. The van der Waals surface area contributed by atoms with Crippen molar-refractivity contribution in [3.8, 4) is 28.1 Å². The summed E-state index contributed by atoms with van der Waals surface area (Å²) in [5.74, 6) is 1.90. The van der Waals surface area contributed by atoms with E-state index in [9.17, 15) is 10.2 Å². The zero-order valence-electron chi connectivity index (χ0n) is 18.4. The number of fused-ring (bicyclic) bond motifs is 4.